The fraction of sp³-hybridized carbons (Fsp3) is 0.233. The smallest absolute Gasteiger partial charge is 0.161 e. The summed E-state index contributed by atoms with van der Waals surface area (Å²) < 4.78 is 6.03. The molecule has 0 spiro atoms. The maximum Gasteiger partial charge on any atom is 0.161 e. The number of ketones is 1. The molecule has 6 nitrogen and oxygen atoms in total. The summed E-state index contributed by atoms with van der Waals surface area (Å²) in [7, 11) is 0. The average molecular weight is 545 g/mol. The summed E-state index contributed by atoms with van der Waals surface area (Å²) in [4.78, 5) is 19.4. The minimum absolute atomic E-state index is 0.0143. The molecule has 0 radical (unpaired) electrons. The molecule has 2 N–H and O–H groups in total. The van der Waals surface area contributed by atoms with Crippen molar-refractivity contribution in [3.05, 3.63) is 110 Å². The number of carbonyl (C=O) groups is 1. The van der Waals surface area contributed by atoms with Crippen molar-refractivity contribution >= 4 is 34.7 Å². The maximum atomic E-state index is 13.5. The first kappa shape index (κ1) is 25.8. The third-order valence-corrected chi connectivity index (χ3v) is 7.68. The largest absolute Gasteiger partial charge is 0.489 e. The normalized spacial score (nSPS) is 17.4. The summed E-state index contributed by atoms with van der Waals surface area (Å²) in [6.07, 6.45) is 3.34. The predicted octanol–water partition coefficient (Wildman–Crippen LogP) is 6.89. The van der Waals surface area contributed by atoms with Crippen molar-refractivity contribution in [2.75, 3.05) is 4.90 Å². The number of nitriles is 1. The Balaban J connectivity index is 1.63. The number of benzene rings is 2. The Morgan fingerprint density at radius 1 is 1.13 bits per heavy atom. The maximum absolute atomic E-state index is 13.5. The van der Waals surface area contributed by atoms with E-state index in [1.165, 1.54) is 0 Å². The number of aryl methyl sites for hydroxylation is 2. The van der Waals surface area contributed by atoms with Gasteiger partial charge >= 0.3 is 0 Å². The molecule has 1 aromatic heterocycles. The van der Waals surface area contributed by atoms with E-state index in [9.17, 15) is 10.1 Å². The van der Waals surface area contributed by atoms with Gasteiger partial charge in [-0.3, -0.25) is 9.69 Å². The monoisotopic (exact) mass is 544 g/mol. The van der Waals surface area contributed by atoms with Gasteiger partial charge in [-0.15, -0.1) is 0 Å². The van der Waals surface area contributed by atoms with Crippen LogP contribution in [0, 0.1) is 25.2 Å². The predicted molar refractivity (Wildman–Crippen MR) is 149 cm³/mol. The highest BCUT2D eigenvalue weighted by atomic mass is 35.5. The zero-order chi connectivity index (χ0) is 27.0. The number of allylic oxidation sites excluding steroid dienone is 3. The lowest BCUT2D eigenvalue weighted by molar-refractivity contribution is -0.116. The van der Waals surface area contributed by atoms with Gasteiger partial charge in [-0.1, -0.05) is 35.3 Å². The number of hydrogen-bond donors (Lipinski definition) is 1. The Hall–Kier alpha value is -3.79. The Kier molecular flexibility index (Phi) is 7.16. The second-order valence-corrected chi connectivity index (χ2v) is 10.3. The minimum Gasteiger partial charge on any atom is -0.489 e. The number of pyridine rings is 1. The van der Waals surface area contributed by atoms with Crippen molar-refractivity contribution in [2.24, 2.45) is 5.73 Å². The van der Waals surface area contributed by atoms with Crippen LogP contribution in [-0.2, 0) is 11.4 Å². The molecular formula is C30H26Cl2N4O2. The van der Waals surface area contributed by atoms with Gasteiger partial charge in [0.05, 0.1) is 23.2 Å². The van der Waals surface area contributed by atoms with Gasteiger partial charge in [-0.05, 0) is 85.3 Å². The number of aromatic nitrogens is 1. The lowest BCUT2D eigenvalue weighted by atomic mass is 9.74. The topological polar surface area (TPSA) is 92.2 Å². The third-order valence-electron chi connectivity index (χ3n) is 7.14. The van der Waals surface area contributed by atoms with Crippen molar-refractivity contribution in [1.29, 1.82) is 5.26 Å². The number of anilines is 1. The first-order valence-electron chi connectivity index (χ1n) is 12.3. The van der Waals surface area contributed by atoms with Crippen LogP contribution in [0.1, 0.15) is 47.4 Å². The van der Waals surface area contributed by atoms with Crippen LogP contribution in [0.25, 0.3) is 0 Å². The Labute approximate surface area is 231 Å². The van der Waals surface area contributed by atoms with Gasteiger partial charge in [-0.2, -0.15) is 5.26 Å². The molecule has 2 aliphatic rings. The zero-order valence-electron chi connectivity index (χ0n) is 21.1. The number of hydrogen-bond acceptors (Lipinski definition) is 6. The van der Waals surface area contributed by atoms with E-state index < -0.39 is 5.92 Å². The van der Waals surface area contributed by atoms with E-state index in [4.69, 9.17) is 33.7 Å². The van der Waals surface area contributed by atoms with Crippen molar-refractivity contribution in [1.82, 2.24) is 4.98 Å². The van der Waals surface area contributed by atoms with Gasteiger partial charge < -0.3 is 10.5 Å². The molecule has 1 unspecified atom stereocenters. The summed E-state index contributed by atoms with van der Waals surface area (Å²) in [5.41, 5.74) is 12.8. The van der Waals surface area contributed by atoms with Gasteiger partial charge in [0.25, 0.3) is 0 Å². The molecule has 192 valence electrons. The summed E-state index contributed by atoms with van der Waals surface area (Å²) in [5.74, 6) is 0.400. The lowest BCUT2D eigenvalue weighted by Gasteiger charge is -2.40. The van der Waals surface area contributed by atoms with Gasteiger partial charge in [0.2, 0.25) is 0 Å². The molecular weight excluding hydrogens is 519 g/mol. The number of ether oxygens (including phenoxy) is 1. The van der Waals surface area contributed by atoms with E-state index in [2.05, 4.69) is 17.1 Å². The summed E-state index contributed by atoms with van der Waals surface area (Å²) in [5, 5.41) is 11.3. The van der Waals surface area contributed by atoms with Crippen molar-refractivity contribution < 1.29 is 9.53 Å². The number of rotatable bonds is 5. The highest BCUT2D eigenvalue weighted by Crippen LogP contribution is 2.48. The molecule has 38 heavy (non-hydrogen) atoms. The molecule has 1 aliphatic heterocycles. The molecule has 0 amide bonds. The molecule has 3 aromatic rings. The summed E-state index contributed by atoms with van der Waals surface area (Å²) in [6.45, 7) is 4.34. The Morgan fingerprint density at radius 3 is 2.61 bits per heavy atom. The van der Waals surface area contributed by atoms with Gasteiger partial charge in [0.1, 0.15) is 18.2 Å². The molecule has 2 aromatic carbocycles. The Bertz CT molecular complexity index is 1540. The highest BCUT2D eigenvalue weighted by Gasteiger charge is 2.41. The first-order chi connectivity index (χ1) is 18.3. The molecule has 0 fully saturated rings. The van der Waals surface area contributed by atoms with Crippen LogP contribution in [0.5, 0.6) is 5.75 Å². The fourth-order valence-corrected chi connectivity index (χ4v) is 5.62. The number of nitrogens with zero attached hydrogens (tertiary/aromatic N) is 3. The van der Waals surface area contributed by atoms with E-state index >= 15 is 0 Å². The molecule has 1 atom stereocenters. The molecule has 0 bridgehead atoms. The van der Waals surface area contributed by atoms with E-state index in [1.807, 2.05) is 32.0 Å². The summed E-state index contributed by atoms with van der Waals surface area (Å²) in [6, 6.07) is 17.2. The molecule has 2 heterocycles. The first-order valence-corrected chi connectivity index (χ1v) is 13.1. The van der Waals surface area contributed by atoms with E-state index in [0.29, 0.717) is 53.5 Å². The van der Waals surface area contributed by atoms with Crippen LogP contribution in [0.2, 0.25) is 10.2 Å². The van der Waals surface area contributed by atoms with Crippen LogP contribution < -0.4 is 15.4 Å². The van der Waals surface area contributed by atoms with E-state index in [1.54, 1.807) is 35.4 Å². The zero-order valence-corrected chi connectivity index (χ0v) is 22.6. The van der Waals surface area contributed by atoms with E-state index in [0.717, 1.165) is 28.0 Å². The molecule has 5 rings (SSSR count). The fourth-order valence-electron chi connectivity index (χ4n) is 5.29. The SMILES string of the molecule is Cc1cc(C)c(C2C(C#N)=C(N)N(c3cccnc3Cl)C3=C2C(=O)CCC3)cc1COc1ccc(Cl)cc1. The Morgan fingerprint density at radius 2 is 1.89 bits per heavy atom. The molecule has 0 saturated heterocycles. The number of halogens is 2. The van der Waals surface area contributed by atoms with Crippen LogP contribution in [-0.4, -0.2) is 10.8 Å². The quantitative estimate of drug-likeness (QED) is 0.351. The number of nitrogens with two attached hydrogens (primary N) is 1. The molecule has 0 saturated carbocycles. The van der Waals surface area contributed by atoms with Crippen LogP contribution in [0.15, 0.2) is 77.4 Å². The van der Waals surface area contributed by atoms with Crippen molar-refractivity contribution in [3.8, 4) is 11.8 Å². The van der Waals surface area contributed by atoms with Crippen LogP contribution >= 0.6 is 23.2 Å². The second kappa shape index (κ2) is 10.5. The minimum atomic E-state index is -0.579. The highest BCUT2D eigenvalue weighted by molar-refractivity contribution is 6.32. The van der Waals surface area contributed by atoms with Crippen molar-refractivity contribution in [2.45, 2.75) is 45.6 Å². The van der Waals surface area contributed by atoms with Gasteiger partial charge in [0, 0.05) is 28.9 Å². The average Bonchev–Trinajstić information content (AvgIpc) is 2.89. The number of carbonyl (C=O) groups excluding carboxylic acids is 1. The van der Waals surface area contributed by atoms with Gasteiger partial charge in [0.15, 0.2) is 10.9 Å². The third kappa shape index (κ3) is 4.64. The summed E-state index contributed by atoms with van der Waals surface area (Å²) >= 11 is 12.5. The van der Waals surface area contributed by atoms with Crippen molar-refractivity contribution in [3.63, 3.8) is 0 Å². The van der Waals surface area contributed by atoms with E-state index in [-0.39, 0.29) is 16.8 Å². The second-order valence-electron chi connectivity index (χ2n) is 9.51. The lowest BCUT2D eigenvalue weighted by Crippen LogP contribution is -2.39. The molecule has 1 aliphatic carbocycles. The van der Waals surface area contributed by atoms with Gasteiger partial charge in [-0.25, -0.2) is 4.98 Å². The van der Waals surface area contributed by atoms with Crippen LogP contribution in [0.4, 0.5) is 5.69 Å². The number of Topliss-reactive ketones (excluding diaryl/α,β-unsaturated/α-hetero) is 1. The standard InChI is InChI=1S/C30H26Cl2N4O2/c1-17-13-18(2)22(14-19(17)16-38-21-10-8-20(31)9-11-21)27-23(15-33)30(34)36(25-6-4-12-35-29(25)32)24-5-3-7-26(37)28(24)27/h4,6,8-14,27H,3,5,7,16,34H2,1-2H3. The van der Waals surface area contributed by atoms with Crippen LogP contribution in [0.3, 0.4) is 0 Å². The molecule has 8 heteroatoms.